The van der Waals surface area contributed by atoms with Gasteiger partial charge >= 0.3 is 0 Å². The number of para-hydroxylation sites is 1. The lowest BCUT2D eigenvalue weighted by atomic mass is 10.1. The molecular weight excluding hydrogens is 358 g/mol. The monoisotopic (exact) mass is 377 g/mol. The Morgan fingerprint density at radius 1 is 1.00 bits per heavy atom. The fraction of sp³-hybridized carbons (Fsp3) is 0.182. The normalized spacial score (nSPS) is 13.7. The Morgan fingerprint density at radius 2 is 1.78 bits per heavy atom. The molecule has 1 aromatic heterocycles. The first kappa shape index (κ1) is 17.6. The van der Waals surface area contributed by atoms with Crippen LogP contribution in [0.5, 0.6) is 0 Å². The lowest BCUT2D eigenvalue weighted by molar-refractivity contribution is 0.0960. The molecule has 0 aliphatic carbocycles. The van der Waals surface area contributed by atoms with Gasteiger partial charge in [0.05, 0.1) is 5.69 Å². The second kappa shape index (κ2) is 7.45. The summed E-state index contributed by atoms with van der Waals surface area (Å²) in [6.45, 7) is 2.21. The van der Waals surface area contributed by atoms with Gasteiger partial charge in [-0.1, -0.05) is 36.4 Å². The highest BCUT2D eigenvalue weighted by Crippen LogP contribution is 2.34. The topological polar surface area (TPSA) is 50.5 Å². The Labute approximate surface area is 162 Å². The van der Waals surface area contributed by atoms with Gasteiger partial charge in [-0.15, -0.1) is 11.8 Å². The van der Waals surface area contributed by atoms with Crippen LogP contribution in [0.2, 0.25) is 0 Å². The van der Waals surface area contributed by atoms with Gasteiger partial charge in [-0.05, 0) is 43.4 Å². The molecule has 136 valence electrons. The Balaban J connectivity index is 1.61. The van der Waals surface area contributed by atoms with Crippen LogP contribution in [0.25, 0.3) is 11.3 Å². The standard InChI is InChI=1S/C22H19NO3S/c1-15(24)16-7-9-17(10-8-16)19-11-12-20(26-19)22(25)23-13-4-14-27-21-6-3-2-5-18(21)23/h2-3,5-12H,4,13-14H2,1H3. The van der Waals surface area contributed by atoms with Gasteiger partial charge in [0, 0.05) is 22.6 Å². The van der Waals surface area contributed by atoms with Gasteiger partial charge in [0.2, 0.25) is 0 Å². The molecular formula is C22H19NO3S. The van der Waals surface area contributed by atoms with Crippen molar-refractivity contribution in [3.63, 3.8) is 0 Å². The van der Waals surface area contributed by atoms with E-state index >= 15 is 0 Å². The number of hydrogen-bond donors (Lipinski definition) is 0. The summed E-state index contributed by atoms with van der Waals surface area (Å²) in [7, 11) is 0. The summed E-state index contributed by atoms with van der Waals surface area (Å²) < 4.78 is 5.86. The van der Waals surface area contributed by atoms with Crippen molar-refractivity contribution >= 4 is 29.1 Å². The number of benzene rings is 2. The summed E-state index contributed by atoms with van der Waals surface area (Å²) in [5.74, 6) is 1.83. The van der Waals surface area contributed by atoms with Crippen LogP contribution in [0.15, 0.2) is 70.0 Å². The molecule has 0 saturated carbocycles. The number of amides is 1. The van der Waals surface area contributed by atoms with E-state index in [-0.39, 0.29) is 11.7 Å². The third kappa shape index (κ3) is 3.55. The summed E-state index contributed by atoms with van der Waals surface area (Å²) in [5.41, 5.74) is 2.43. The van der Waals surface area contributed by atoms with E-state index in [4.69, 9.17) is 4.42 Å². The van der Waals surface area contributed by atoms with Crippen molar-refractivity contribution in [1.82, 2.24) is 0 Å². The molecule has 0 atom stereocenters. The predicted octanol–water partition coefficient (Wildman–Crippen LogP) is 5.29. The number of nitrogens with zero attached hydrogens (tertiary/aromatic N) is 1. The van der Waals surface area contributed by atoms with Crippen molar-refractivity contribution in [3.05, 3.63) is 72.0 Å². The van der Waals surface area contributed by atoms with E-state index < -0.39 is 0 Å². The van der Waals surface area contributed by atoms with E-state index in [0.717, 1.165) is 28.3 Å². The molecule has 4 nitrogen and oxygen atoms in total. The van der Waals surface area contributed by atoms with Gasteiger partial charge in [0.25, 0.3) is 5.91 Å². The number of ketones is 1. The summed E-state index contributed by atoms with van der Waals surface area (Å²) in [6.07, 6.45) is 0.936. The number of carbonyl (C=O) groups is 2. The van der Waals surface area contributed by atoms with Crippen molar-refractivity contribution in [2.75, 3.05) is 17.2 Å². The number of thioether (sulfide) groups is 1. The van der Waals surface area contributed by atoms with Crippen molar-refractivity contribution in [2.24, 2.45) is 0 Å². The van der Waals surface area contributed by atoms with Gasteiger partial charge in [0.15, 0.2) is 11.5 Å². The van der Waals surface area contributed by atoms with Crippen LogP contribution in [0.4, 0.5) is 5.69 Å². The smallest absolute Gasteiger partial charge is 0.294 e. The zero-order chi connectivity index (χ0) is 18.8. The lowest BCUT2D eigenvalue weighted by Crippen LogP contribution is -2.31. The van der Waals surface area contributed by atoms with E-state index in [9.17, 15) is 9.59 Å². The van der Waals surface area contributed by atoms with E-state index in [0.29, 0.717) is 23.6 Å². The Bertz CT molecular complexity index is 991. The Kier molecular flexibility index (Phi) is 4.86. The highest BCUT2D eigenvalue weighted by Gasteiger charge is 2.25. The molecule has 2 aromatic carbocycles. The van der Waals surface area contributed by atoms with E-state index in [1.807, 2.05) is 30.3 Å². The van der Waals surface area contributed by atoms with Crippen LogP contribution in [0.1, 0.15) is 34.3 Å². The summed E-state index contributed by atoms with van der Waals surface area (Å²) >= 11 is 1.78. The molecule has 1 aliphatic heterocycles. The first-order chi connectivity index (χ1) is 13.1. The van der Waals surface area contributed by atoms with E-state index in [1.165, 1.54) is 6.92 Å². The van der Waals surface area contributed by atoms with Crippen LogP contribution in [-0.2, 0) is 0 Å². The number of anilines is 1. The van der Waals surface area contributed by atoms with Crippen LogP contribution < -0.4 is 4.90 Å². The maximum absolute atomic E-state index is 13.1. The van der Waals surface area contributed by atoms with E-state index in [1.54, 1.807) is 40.9 Å². The third-order valence-corrected chi connectivity index (χ3v) is 5.73. The number of rotatable bonds is 3. The quantitative estimate of drug-likeness (QED) is 0.582. The van der Waals surface area contributed by atoms with Crippen molar-refractivity contribution in [1.29, 1.82) is 0 Å². The van der Waals surface area contributed by atoms with Crippen LogP contribution in [-0.4, -0.2) is 24.0 Å². The zero-order valence-corrected chi connectivity index (χ0v) is 15.8. The first-order valence-electron chi connectivity index (χ1n) is 8.88. The molecule has 4 rings (SSSR count). The van der Waals surface area contributed by atoms with Crippen LogP contribution in [0.3, 0.4) is 0 Å². The minimum Gasteiger partial charge on any atom is -0.451 e. The maximum atomic E-state index is 13.1. The largest absolute Gasteiger partial charge is 0.451 e. The fourth-order valence-corrected chi connectivity index (χ4v) is 4.14. The second-order valence-corrected chi connectivity index (χ2v) is 7.56. The van der Waals surface area contributed by atoms with Crippen LogP contribution in [0, 0.1) is 0 Å². The molecule has 3 aromatic rings. The maximum Gasteiger partial charge on any atom is 0.294 e. The number of carbonyl (C=O) groups excluding carboxylic acids is 2. The fourth-order valence-electron chi connectivity index (χ4n) is 3.15. The number of hydrogen-bond acceptors (Lipinski definition) is 4. The van der Waals surface area contributed by atoms with Gasteiger partial charge in [0.1, 0.15) is 5.76 Å². The zero-order valence-electron chi connectivity index (χ0n) is 15.0. The molecule has 1 aliphatic rings. The predicted molar refractivity (Wildman–Crippen MR) is 108 cm³/mol. The molecule has 1 amide bonds. The lowest BCUT2D eigenvalue weighted by Gasteiger charge is -2.21. The molecule has 5 heteroatoms. The highest BCUT2D eigenvalue weighted by atomic mass is 32.2. The minimum atomic E-state index is -0.128. The third-order valence-electron chi connectivity index (χ3n) is 4.58. The van der Waals surface area contributed by atoms with Crippen molar-refractivity contribution in [3.8, 4) is 11.3 Å². The highest BCUT2D eigenvalue weighted by molar-refractivity contribution is 7.99. The minimum absolute atomic E-state index is 0.0227. The summed E-state index contributed by atoms with van der Waals surface area (Å²) in [6, 6.07) is 18.7. The van der Waals surface area contributed by atoms with Gasteiger partial charge in [-0.3, -0.25) is 9.59 Å². The van der Waals surface area contributed by atoms with Crippen LogP contribution >= 0.6 is 11.8 Å². The average Bonchev–Trinajstić information content (AvgIpc) is 3.08. The summed E-state index contributed by atoms with van der Waals surface area (Å²) in [4.78, 5) is 27.4. The molecule has 0 saturated heterocycles. The van der Waals surface area contributed by atoms with E-state index in [2.05, 4.69) is 6.07 Å². The molecule has 0 N–H and O–H groups in total. The first-order valence-corrected chi connectivity index (χ1v) is 9.87. The SMILES string of the molecule is CC(=O)c1ccc(-c2ccc(C(=O)N3CCCSc4ccccc43)o2)cc1. The molecule has 0 fully saturated rings. The van der Waals surface area contributed by atoms with Gasteiger partial charge < -0.3 is 9.32 Å². The van der Waals surface area contributed by atoms with Crippen molar-refractivity contribution < 1.29 is 14.0 Å². The molecule has 27 heavy (non-hydrogen) atoms. The van der Waals surface area contributed by atoms with Gasteiger partial charge in [-0.2, -0.15) is 0 Å². The Hall–Kier alpha value is -2.79. The number of Topliss-reactive ketones (excluding diaryl/α,β-unsaturated/α-hetero) is 1. The number of fused-ring (bicyclic) bond motifs is 1. The molecule has 0 radical (unpaired) electrons. The molecule has 0 unspecified atom stereocenters. The Morgan fingerprint density at radius 3 is 2.56 bits per heavy atom. The molecule has 0 bridgehead atoms. The van der Waals surface area contributed by atoms with Gasteiger partial charge in [-0.25, -0.2) is 0 Å². The molecule has 2 heterocycles. The molecule has 0 spiro atoms. The average molecular weight is 377 g/mol. The van der Waals surface area contributed by atoms with Crippen molar-refractivity contribution in [2.45, 2.75) is 18.2 Å². The number of furan rings is 1. The summed E-state index contributed by atoms with van der Waals surface area (Å²) in [5, 5.41) is 0. The second-order valence-electron chi connectivity index (χ2n) is 6.42.